The van der Waals surface area contributed by atoms with Crippen molar-refractivity contribution in [3.63, 3.8) is 0 Å². The highest BCUT2D eigenvalue weighted by molar-refractivity contribution is 7.91. The maximum Gasteiger partial charge on any atom is 0.160 e. The lowest BCUT2D eigenvalue weighted by molar-refractivity contribution is 0.586. The molecule has 0 radical (unpaired) electrons. The minimum absolute atomic E-state index is 0.205. The molecule has 0 bridgehead atoms. The minimum atomic E-state index is -2.88. The van der Waals surface area contributed by atoms with E-state index in [9.17, 15) is 8.42 Å². The van der Waals surface area contributed by atoms with Gasteiger partial charge in [-0.3, -0.25) is 0 Å². The molecule has 0 aromatic carbocycles. The minimum Gasteiger partial charge on any atom is -0.354 e. The Kier molecular flexibility index (Phi) is 3.84. The van der Waals surface area contributed by atoms with Crippen LogP contribution in [-0.4, -0.2) is 47.6 Å². The molecule has 3 heterocycles. The topological polar surface area (TPSA) is 67.6 Å². The zero-order chi connectivity index (χ0) is 15.9. The van der Waals surface area contributed by atoms with Crippen molar-refractivity contribution in [2.45, 2.75) is 33.1 Å². The second-order valence-corrected chi connectivity index (χ2v) is 8.40. The van der Waals surface area contributed by atoms with E-state index in [2.05, 4.69) is 30.8 Å². The van der Waals surface area contributed by atoms with Gasteiger partial charge in [-0.1, -0.05) is 20.8 Å². The van der Waals surface area contributed by atoms with Crippen LogP contribution in [0.1, 0.15) is 37.9 Å². The van der Waals surface area contributed by atoms with Crippen molar-refractivity contribution in [3.05, 3.63) is 23.5 Å². The maximum atomic E-state index is 11.6. The van der Waals surface area contributed by atoms with Crippen LogP contribution in [0.2, 0.25) is 0 Å². The molecule has 1 aliphatic heterocycles. The molecule has 0 amide bonds. The first-order valence-corrected chi connectivity index (χ1v) is 9.56. The fraction of sp³-hybridized carbons (Fsp3) is 0.600. The fourth-order valence-electron chi connectivity index (χ4n) is 2.78. The number of nitrogens with zero attached hydrogens (tertiary/aromatic N) is 4. The van der Waals surface area contributed by atoms with E-state index in [1.807, 2.05) is 16.8 Å². The Morgan fingerprint density at radius 3 is 2.55 bits per heavy atom. The highest BCUT2D eigenvalue weighted by Gasteiger charge is 2.24. The van der Waals surface area contributed by atoms with Gasteiger partial charge in [-0.2, -0.15) is 5.10 Å². The van der Waals surface area contributed by atoms with E-state index >= 15 is 0 Å². The van der Waals surface area contributed by atoms with Gasteiger partial charge in [0.15, 0.2) is 15.5 Å². The van der Waals surface area contributed by atoms with Crippen LogP contribution in [0.5, 0.6) is 0 Å². The predicted octanol–water partition coefficient (Wildman–Crippen LogP) is 1.65. The van der Waals surface area contributed by atoms with Crippen molar-refractivity contribution in [3.8, 4) is 0 Å². The fourth-order valence-corrected chi connectivity index (χ4v) is 3.98. The standard InChI is InChI=1S/C15H22N4O2S/c1-4-12-10-16-19-13(11(2)3)9-14(17-15(12)19)18-5-7-22(20,21)8-6-18/h9-11H,4-8H2,1-3H3. The summed E-state index contributed by atoms with van der Waals surface area (Å²) >= 11 is 0. The molecule has 0 saturated carbocycles. The molecular weight excluding hydrogens is 300 g/mol. The van der Waals surface area contributed by atoms with E-state index in [1.165, 1.54) is 0 Å². The summed E-state index contributed by atoms with van der Waals surface area (Å²) in [6.07, 6.45) is 2.75. The van der Waals surface area contributed by atoms with E-state index in [1.54, 1.807) is 0 Å². The molecule has 22 heavy (non-hydrogen) atoms. The molecule has 0 unspecified atom stereocenters. The Balaban J connectivity index is 2.06. The highest BCUT2D eigenvalue weighted by atomic mass is 32.2. The zero-order valence-corrected chi connectivity index (χ0v) is 14.1. The lowest BCUT2D eigenvalue weighted by Gasteiger charge is -2.28. The van der Waals surface area contributed by atoms with Crippen LogP contribution in [0.25, 0.3) is 5.65 Å². The monoisotopic (exact) mass is 322 g/mol. The summed E-state index contributed by atoms with van der Waals surface area (Å²) in [5, 5.41) is 4.46. The summed E-state index contributed by atoms with van der Waals surface area (Å²) in [4.78, 5) is 6.82. The van der Waals surface area contributed by atoms with Crippen molar-refractivity contribution < 1.29 is 8.42 Å². The largest absolute Gasteiger partial charge is 0.354 e. The van der Waals surface area contributed by atoms with E-state index in [-0.39, 0.29) is 11.5 Å². The van der Waals surface area contributed by atoms with Gasteiger partial charge in [0.2, 0.25) is 0 Å². The Morgan fingerprint density at radius 2 is 1.95 bits per heavy atom. The number of rotatable bonds is 3. The van der Waals surface area contributed by atoms with Gasteiger partial charge in [0.05, 0.1) is 23.4 Å². The molecule has 0 atom stereocenters. The second kappa shape index (κ2) is 5.53. The molecule has 1 fully saturated rings. The van der Waals surface area contributed by atoms with Crippen LogP contribution in [0.4, 0.5) is 5.82 Å². The normalized spacial score (nSPS) is 18.3. The predicted molar refractivity (Wildman–Crippen MR) is 87.3 cm³/mol. The zero-order valence-electron chi connectivity index (χ0n) is 13.3. The van der Waals surface area contributed by atoms with Gasteiger partial charge in [-0.15, -0.1) is 0 Å². The van der Waals surface area contributed by atoms with Crippen molar-refractivity contribution in [2.75, 3.05) is 29.5 Å². The van der Waals surface area contributed by atoms with Crippen LogP contribution in [0.15, 0.2) is 12.3 Å². The number of hydrogen-bond acceptors (Lipinski definition) is 5. The van der Waals surface area contributed by atoms with Gasteiger partial charge < -0.3 is 4.90 Å². The van der Waals surface area contributed by atoms with E-state index in [0.717, 1.165) is 29.1 Å². The molecule has 2 aromatic heterocycles. The van der Waals surface area contributed by atoms with Gasteiger partial charge >= 0.3 is 0 Å². The molecule has 0 aliphatic carbocycles. The highest BCUT2D eigenvalue weighted by Crippen LogP contribution is 2.24. The Morgan fingerprint density at radius 1 is 1.27 bits per heavy atom. The lowest BCUT2D eigenvalue weighted by Crippen LogP contribution is -2.40. The van der Waals surface area contributed by atoms with Crippen molar-refractivity contribution in [1.29, 1.82) is 0 Å². The Labute approximate surface area is 131 Å². The molecular formula is C15H22N4O2S. The summed E-state index contributed by atoms with van der Waals surface area (Å²) in [5.41, 5.74) is 3.11. The smallest absolute Gasteiger partial charge is 0.160 e. The summed E-state index contributed by atoms with van der Waals surface area (Å²) in [6, 6.07) is 2.04. The van der Waals surface area contributed by atoms with Crippen molar-refractivity contribution in [1.82, 2.24) is 14.6 Å². The number of hydrogen-bond donors (Lipinski definition) is 0. The molecule has 7 heteroatoms. The van der Waals surface area contributed by atoms with Gasteiger partial charge in [0, 0.05) is 24.7 Å². The molecule has 0 spiro atoms. The third kappa shape index (κ3) is 2.69. The molecule has 6 nitrogen and oxygen atoms in total. The number of anilines is 1. The number of aryl methyl sites for hydroxylation is 1. The number of sulfone groups is 1. The lowest BCUT2D eigenvalue weighted by atomic mass is 10.1. The first-order chi connectivity index (χ1) is 10.4. The summed E-state index contributed by atoms with van der Waals surface area (Å²) in [7, 11) is -2.88. The average Bonchev–Trinajstić information content (AvgIpc) is 2.89. The van der Waals surface area contributed by atoms with Gasteiger partial charge in [0.25, 0.3) is 0 Å². The van der Waals surface area contributed by atoms with Crippen LogP contribution in [-0.2, 0) is 16.3 Å². The van der Waals surface area contributed by atoms with Crippen LogP contribution in [0, 0.1) is 0 Å². The van der Waals surface area contributed by atoms with Crippen molar-refractivity contribution >= 4 is 21.3 Å². The quantitative estimate of drug-likeness (QED) is 0.859. The van der Waals surface area contributed by atoms with Gasteiger partial charge in [-0.25, -0.2) is 17.9 Å². The van der Waals surface area contributed by atoms with E-state index < -0.39 is 9.84 Å². The molecule has 1 aliphatic rings. The third-order valence-electron chi connectivity index (χ3n) is 4.20. The number of fused-ring (bicyclic) bond motifs is 1. The number of aromatic nitrogens is 3. The first kappa shape index (κ1) is 15.3. The SMILES string of the molecule is CCc1cnn2c(C(C)C)cc(N3CCS(=O)(=O)CC3)nc12. The Bertz CT molecular complexity index is 781. The molecule has 2 aromatic rings. The van der Waals surface area contributed by atoms with Gasteiger partial charge in [-0.05, 0) is 12.3 Å². The maximum absolute atomic E-state index is 11.6. The molecule has 3 rings (SSSR count). The average molecular weight is 322 g/mol. The van der Waals surface area contributed by atoms with E-state index in [4.69, 9.17) is 4.98 Å². The Hall–Kier alpha value is -1.63. The first-order valence-electron chi connectivity index (χ1n) is 7.74. The van der Waals surface area contributed by atoms with Crippen molar-refractivity contribution in [2.24, 2.45) is 0 Å². The summed E-state index contributed by atoms with van der Waals surface area (Å²) in [5.74, 6) is 1.59. The van der Waals surface area contributed by atoms with Crippen LogP contribution >= 0.6 is 0 Å². The van der Waals surface area contributed by atoms with E-state index in [0.29, 0.717) is 19.0 Å². The summed E-state index contributed by atoms with van der Waals surface area (Å²) in [6.45, 7) is 7.38. The van der Waals surface area contributed by atoms with Gasteiger partial charge in [0.1, 0.15) is 5.82 Å². The second-order valence-electron chi connectivity index (χ2n) is 6.09. The van der Waals surface area contributed by atoms with Crippen LogP contribution in [0.3, 0.4) is 0 Å². The molecule has 0 N–H and O–H groups in total. The molecule has 120 valence electrons. The molecule has 1 saturated heterocycles. The van der Waals surface area contributed by atoms with Crippen LogP contribution < -0.4 is 4.90 Å². The third-order valence-corrected chi connectivity index (χ3v) is 5.81. The summed E-state index contributed by atoms with van der Waals surface area (Å²) < 4.78 is 25.1.